The lowest BCUT2D eigenvalue weighted by atomic mass is 9.89. The number of nitrogens with two attached hydrogens (primary N) is 1. The summed E-state index contributed by atoms with van der Waals surface area (Å²) in [6, 6.07) is 8.25. The smallest absolute Gasteiger partial charge is 0.119 e. The minimum Gasteiger partial charge on any atom is -0.494 e. The fraction of sp³-hybridized carbons (Fsp3) is 0.600. The molecule has 1 saturated heterocycles. The highest BCUT2D eigenvalue weighted by molar-refractivity contribution is 5.29. The molecule has 2 atom stereocenters. The first kappa shape index (κ1) is 13.4. The molecule has 1 aromatic rings. The van der Waals surface area contributed by atoms with Crippen molar-refractivity contribution in [1.82, 2.24) is 0 Å². The van der Waals surface area contributed by atoms with E-state index in [0.717, 1.165) is 38.2 Å². The summed E-state index contributed by atoms with van der Waals surface area (Å²) in [4.78, 5) is 0. The summed E-state index contributed by atoms with van der Waals surface area (Å²) < 4.78 is 11.5. The van der Waals surface area contributed by atoms with Crippen molar-refractivity contribution in [2.45, 2.75) is 32.3 Å². The van der Waals surface area contributed by atoms with Gasteiger partial charge in [-0.05, 0) is 43.5 Å². The zero-order chi connectivity index (χ0) is 12.8. The van der Waals surface area contributed by atoms with Crippen LogP contribution >= 0.6 is 0 Å². The van der Waals surface area contributed by atoms with Gasteiger partial charge < -0.3 is 15.2 Å². The predicted octanol–water partition coefficient (Wildman–Crippen LogP) is 2.90. The summed E-state index contributed by atoms with van der Waals surface area (Å²) in [7, 11) is 0. The van der Waals surface area contributed by atoms with Gasteiger partial charge in [-0.15, -0.1) is 0 Å². The first-order valence-electron chi connectivity index (χ1n) is 6.89. The molecular formula is C15H23NO2. The van der Waals surface area contributed by atoms with Gasteiger partial charge >= 0.3 is 0 Å². The van der Waals surface area contributed by atoms with E-state index >= 15 is 0 Å². The Labute approximate surface area is 109 Å². The highest BCUT2D eigenvalue weighted by Gasteiger charge is 2.26. The van der Waals surface area contributed by atoms with E-state index < -0.39 is 0 Å². The van der Waals surface area contributed by atoms with E-state index in [2.05, 4.69) is 19.1 Å². The third-order valence-electron chi connectivity index (χ3n) is 3.43. The lowest BCUT2D eigenvalue weighted by Gasteiger charge is -2.31. The van der Waals surface area contributed by atoms with Crippen LogP contribution in [-0.4, -0.2) is 19.8 Å². The molecule has 100 valence electrons. The van der Waals surface area contributed by atoms with E-state index in [-0.39, 0.29) is 6.10 Å². The lowest BCUT2D eigenvalue weighted by Crippen LogP contribution is -2.28. The Hall–Kier alpha value is -1.06. The van der Waals surface area contributed by atoms with Crippen molar-refractivity contribution in [1.29, 1.82) is 0 Å². The molecule has 3 nitrogen and oxygen atoms in total. The summed E-state index contributed by atoms with van der Waals surface area (Å²) in [5, 5.41) is 0. The summed E-state index contributed by atoms with van der Waals surface area (Å²) in [5.74, 6) is 1.38. The molecule has 2 N–H and O–H groups in total. The maximum absolute atomic E-state index is 5.87. The highest BCUT2D eigenvalue weighted by atomic mass is 16.5. The van der Waals surface area contributed by atoms with Crippen molar-refractivity contribution in [2.24, 2.45) is 11.7 Å². The van der Waals surface area contributed by atoms with Crippen LogP contribution in [-0.2, 0) is 4.74 Å². The molecule has 2 rings (SSSR count). The van der Waals surface area contributed by atoms with E-state index in [9.17, 15) is 0 Å². The average molecular weight is 249 g/mol. The Kier molecular flexibility index (Phi) is 5.02. The molecule has 0 amide bonds. The highest BCUT2D eigenvalue weighted by Crippen LogP contribution is 2.33. The largest absolute Gasteiger partial charge is 0.494 e. The molecule has 0 aliphatic carbocycles. The second-order valence-corrected chi connectivity index (χ2v) is 4.85. The van der Waals surface area contributed by atoms with Crippen molar-refractivity contribution >= 4 is 0 Å². The third-order valence-corrected chi connectivity index (χ3v) is 3.43. The predicted molar refractivity (Wildman–Crippen MR) is 72.7 cm³/mol. The van der Waals surface area contributed by atoms with Gasteiger partial charge in [0.1, 0.15) is 5.75 Å². The average Bonchev–Trinajstić information content (AvgIpc) is 2.45. The number of rotatable bonds is 5. The van der Waals surface area contributed by atoms with Gasteiger partial charge in [-0.25, -0.2) is 0 Å². The van der Waals surface area contributed by atoms with Crippen LogP contribution in [0.2, 0.25) is 0 Å². The zero-order valence-electron chi connectivity index (χ0n) is 11.1. The second kappa shape index (κ2) is 6.76. The first-order valence-corrected chi connectivity index (χ1v) is 6.89. The van der Waals surface area contributed by atoms with Crippen molar-refractivity contribution in [2.75, 3.05) is 19.8 Å². The van der Waals surface area contributed by atoms with Gasteiger partial charge in [-0.1, -0.05) is 19.1 Å². The molecule has 0 radical (unpaired) electrons. The molecule has 0 aromatic heterocycles. The van der Waals surface area contributed by atoms with Crippen molar-refractivity contribution in [3.63, 3.8) is 0 Å². The fourth-order valence-electron chi connectivity index (χ4n) is 2.43. The first-order chi connectivity index (χ1) is 8.85. The van der Waals surface area contributed by atoms with Gasteiger partial charge in [0, 0.05) is 12.5 Å². The molecule has 0 spiro atoms. The molecule has 2 unspecified atom stereocenters. The Morgan fingerprint density at radius 2 is 2.11 bits per heavy atom. The summed E-state index contributed by atoms with van der Waals surface area (Å²) in [6.45, 7) is 4.41. The molecule has 1 aromatic carbocycles. The van der Waals surface area contributed by atoms with Gasteiger partial charge in [-0.3, -0.25) is 0 Å². The van der Waals surface area contributed by atoms with Crippen LogP contribution in [0.4, 0.5) is 0 Å². The molecule has 0 bridgehead atoms. The van der Waals surface area contributed by atoms with Gasteiger partial charge in [-0.2, -0.15) is 0 Å². The molecule has 1 heterocycles. The van der Waals surface area contributed by atoms with E-state index in [0.29, 0.717) is 12.5 Å². The van der Waals surface area contributed by atoms with Crippen LogP contribution in [0.1, 0.15) is 37.9 Å². The van der Waals surface area contributed by atoms with E-state index in [1.807, 2.05) is 12.1 Å². The quantitative estimate of drug-likeness (QED) is 0.872. The molecular weight excluding hydrogens is 226 g/mol. The van der Waals surface area contributed by atoms with E-state index in [4.69, 9.17) is 15.2 Å². The SMILES string of the molecule is CCCOc1ccc(C2OCCCC2CN)cc1. The Balaban J connectivity index is 2.03. The van der Waals surface area contributed by atoms with E-state index in [1.54, 1.807) is 0 Å². The Morgan fingerprint density at radius 3 is 2.78 bits per heavy atom. The van der Waals surface area contributed by atoms with Crippen LogP contribution in [0.5, 0.6) is 5.75 Å². The Bertz CT molecular complexity index is 350. The van der Waals surface area contributed by atoms with Crippen LogP contribution in [0.3, 0.4) is 0 Å². The molecule has 0 saturated carbocycles. The molecule has 18 heavy (non-hydrogen) atoms. The minimum absolute atomic E-state index is 0.156. The number of ether oxygens (including phenoxy) is 2. The molecule has 1 fully saturated rings. The fourth-order valence-corrected chi connectivity index (χ4v) is 2.43. The second-order valence-electron chi connectivity index (χ2n) is 4.85. The number of benzene rings is 1. The monoisotopic (exact) mass is 249 g/mol. The van der Waals surface area contributed by atoms with Crippen LogP contribution in [0.25, 0.3) is 0 Å². The van der Waals surface area contributed by atoms with Gasteiger partial charge in [0.05, 0.1) is 12.7 Å². The van der Waals surface area contributed by atoms with Crippen molar-refractivity contribution < 1.29 is 9.47 Å². The molecule has 3 heteroatoms. The third kappa shape index (κ3) is 3.24. The Morgan fingerprint density at radius 1 is 1.33 bits per heavy atom. The van der Waals surface area contributed by atoms with Gasteiger partial charge in [0.15, 0.2) is 0 Å². The van der Waals surface area contributed by atoms with Crippen LogP contribution in [0.15, 0.2) is 24.3 Å². The maximum atomic E-state index is 5.87. The summed E-state index contributed by atoms with van der Waals surface area (Å²) >= 11 is 0. The normalized spacial score (nSPS) is 23.9. The maximum Gasteiger partial charge on any atom is 0.119 e. The van der Waals surface area contributed by atoms with E-state index in [1.165, 1.54) is 5.56 Å². The zero-order valence-corrected chi connectivity index (χ0v) is 11.1. The minimum atomic E-state index is 0.156. The van der Waals surface area contributed by atoms with Crippen LogP contribution < -0.4 is 10.5 Å². The van der Waals surface area contributed by atoms with Crippen molar-refractivity contribution in [3.05, 3.63) is 29.8 Å². The molecule has 1 aliphatic rings. The molecule has 1 aliphatic heterocycles. The topological polar surface area (TPSA) is 44.5 Å². The number of hydrogen-bond acceptors (Lipinski definition) is 3. The lowest BCUT2D eigenvalue weighted by molar-refractivity contribution is -0.0251. The standard InChI is InChI=1S/C15H23NO2/c1-2-9-17-14-7-5-12(6-8-14)15-13(11-16)4-3-10-18-15/h5-8,13,15H,2-4,9-11,16H2,1H3. The van der Waals surface area contributed by atoms with Gasteiger partial charge in [0.2, 0.25) is 0 Å². The summed E-state index contributed by atoms with van der Waals surface area (Å²) in [6.07, 6.45) is 3.47. The number of hydrogen-bond donors (Lipinski definition) is 1. The van der Waals surface area contributed by atoms with Crippen molar-refractivity contribution in [3.8, 4) is 5.75 Å². The van der Waals surface area contributed by atoms with Gasteiger partial charge in [0.25, 0.3) is 0 Å². The van der Waals surface area contributed by atoms with Crippen LogP contribution in [0, 0.1) is 5.92 Å². The summed E-state index contributed by atoms with van der Waals surface area (Å²) in [5.41, 5.74) is 7.04.